The quantitative estimate of drug-likeness (QED) is 0.188. The van der Waals surface area contributed by atoms with E-state index in [0.717, 1.165) is 10.1 Å². The Hall–Kier alpha value is -3.64. The van der Waals surface area contributed by atoms with Gasteiger partial charge in [0.1, 0.15) is 4.88 Å². The van der Waals surface area contributed by atoms with Crippen molar-refractivity contribution in [3.05, 3.63) is 130 Å². The Balaban J connectivity index is 1.08. The number of anilines is 1. The number of thiocarbonyl (C=S) groups is 1. The predicted octanol–water partition coefficient (Wildman–Crippen LogP) is 6.78. The lowest BCUT2D eigenvalue weighted by molar-refractivity contribution is 0.0982. The third-order valence-corrected chi connectivity index (χ3v) is 11.4. The first-order valence-corrected chi connectivity index (χ1v) is 17.1. The molecule has 0 spiro atoms. The molecule has 2 N–H and O–H groups in total. The van der Waals surface area contributed by atoms with E-state index in [1.807, 2.05) is 60.7 Å². The Morgan fingerprint density at radius 2 is 1.36 bits per heavy atom. The fourth-order valence-corrected chi connectivity index (χ4v) is 8.47. The van der Waals surface area contributed by atoms with Crippen molar-refractivity contribution in [1.82, 2.24) is 14.5 Å². The number of nitrogens with one attached hydrogen (secondary N) is 2. The summed E-state index contributed by atoms with van der Waals surface area (Å²) in [5.74, 6) is -0.409. The van der Waals surface area contributed by atoms with Crippen LogP contribution in [0.4, 0.5) is 5.69 Å². The Labute approximate surface area is 271 Å². The normalized spacial score (nSPS) is 14.5. The molecule has 1 fully saturated rings. The van der Waals surface area contributed by atoms with Gasteiger partial charge in [0.05, 0.1) is 16.0 Å². The highest BCUT2D eigenvalue weighted by Crippen LogP contribution is 2.35. The third kappa shape index (κ3) is 6.41. The smallest absolute Gasteiger partial charge is 0.269 e. The number of hydrogen-bond acceptors (Lipinski definition) is 6. The molecule has 5 aromatic rings. The van der Waals surface area contributed by atoms with Crippen molar-refractivity contribution < 1.29 is 13.2 Å². The van der Waals surface area contributed by atoms with Crippen LogP contribution in [0.15, 0.2) is 114 Å². The van der Waals surface area contributed by atoms with Gasteiger partial charge >= 0.3 is 0 Å². The molecule has 1 aliphatic rings. The second-order valence-electron chi connectivity index (χ2n) is 10.3. The lowest BCUT2D eigenvalue weighted by Crippen LogP contribution is -2.49. The van der Waals surface area contributed by atoms with Crippen molar-refractivity contribution in [1.29, 1.82) is 0 Å². The van der Waals surface area contributed by atoms with Gasteiger partial charge in [-0.3, -0.25) is 15.0 Å². The molecule has 0 radical (unpaired) electrons. The van der Waals surface area contributed by atoms with Crippen LogP contribution in [0.25, 0.3) is 10.1 Å². The van der Waals surface area contributed by atoms with E-state index in [4.69, 9.17) is 23.8 Å². The maximum Gasteiger partial charge on any atom is 0.269 e. The van der Waals surface area contributed by atoms with Gasteiger partial charge in [0.2, 0.25) is 10.0 Å². The van der Waals surface area contributed by atoms with Crippen LogP contribution in [0.3, 0.4) is 0 Å². The Morgan fingerprint density at radius 3 is 1.95 bits per heavy atom. The van der Waals surface area contributed by atoms with Gasteiger partial charge < -0.3 is 5.32 Å². The second kappa shape index (κ2) is 13.2. The van der Waals surface area contributed by atoms with Gasteiger partial charge in [-0.1, -0.05) is 90.5 Å². The molecular formula is C33H29ClN4O3S3. The number of hydrogen-bond donors (Lipinski definition) is 2. The number of fused-ring (bicyclic) bond motifs is 1. The molecule has 0 aliphatic carbocycles. The largest absolute Gasteiger partial charge is 0.332 e. The Morgan fingerprint density at radius 1 is 0.795 bits per heavy atom. The number of thiophene rings is 1. The van der Waals surface area contributed by atoms with Gasteiger partial charge in [0.15, 0.2) is 5.11 Å². The highest BCUT2D eigenvalue weighted by Gasteiger charge is 2.32. The van der Waals surface area contributed by atoms with Crippen molar-refractivity contribution in [3.63, 3.8) is 0 Å². The second-order valence-corrected chi connectivity index (χ2v) is 14.1. The number of carbonyl (C=O) groups excluding carboxylic acids is 1. The summed E-state index contributed by atoms with van der Waals surface area (Å²) in [6.45, 7) is 1.97. The first kappa shape index (κ1) is 30.4. The first-order chi connectivity index (χ1) is 21.3. The van der Waals surface area contributed by atoms with Gasteiger partial charge in [-0.2, -0.15) is 4.31 Å². The van der Waals surface area contributed by atoms with Crippen LogP contribution in [-0.2, 0) is 10.0 Å². The standard InChI is InChI=1S/C33H29ClN4O3S3/c34-29-27-13-7-8-14-28(27)43-31(29)32(39)36-33(42)35-25-15-17-26(18-16-25)44(40,41)38-21-19-37(20-22-38)30(23-9-3-1-4-10-23)24-11-5-2-6-12-24/h1-18,30H,19-22H2,(H2,35,36,39,42). The summed E-state index contributed by atoms with van der Waals surface area (Å²) in [5, 5.41) is 6.89. The van der Waals surface area contributed by atoms with E-state index in [0.29, 0.717) is 41.8 Å². The molecule has 1 aliphatic heterocycles. The highest BCUT2D eigenvalue weighted by atomic mass is 35.5. The fraction of sp³-hybridized carbons (Fsp3) is 0.152. The molecule has 0 unspecified atom stereocenters. The van der Waals surface area contributed by atoms with E-state index in [2.05, 4.69) is 39.8 Å². The minimum Gasteiger partial charge on any atom is -0.332 e. The number of nitrogens with zero attached hydrogens (tertiary/aromatic N) is 2. The van der Waals surface area contributed by atoms with Crippen molar-refractivity contribution >= 4 is 72.0 Å². The average molecular weight is 661 g/mol. The topological polar surface area (TPSA) is 81.8 Å². The van der Waals surface area contributed by atoms with Gasteiger partial charge in [-0.25, -0.2) is 8.42 Å². The number of benzene rings is 4. The van der Waals surface area contributed by atoms with Gasteiger partial charge in [0.25, 0.3) is 5.91 Å². The van der Waals surface area contributed by atoms with Gasteiger partial charge in [-0.05, 0) is 53.7 Å². The molecule has 11 heteroatoms. The van der Waals surface area contributed by atoms with Gasteiger partial charge in [0, 0.05) is 42.0 Å². The molecule has 44 heavy (non-hydrogen) atoms. The molecule has 7 nitrogen and oxygen atoms in total. The summed E-state index contributed by atoms with van der Waals surface area (Å²) in [7, 11) is -3.70. The van der Waals surface area contributed by atoms with Crippen LogP contribution in [0.5, 0.6) is 0 Å². The van der Waals surface area contributed by atoms with Crippen molar-refractivity contribution in [2.75, 3.05) is 31.5 Å². The van der Waals surface area contributed by atoms with Crippen LogP contribution in [0.1, 0.15) is 26.8 Å². The van der Waals surface area contributed by atoms with E-state index < -0.39 is 15.9 Å². The summed E-state index contributed by atoms with van der Waals surface area (Å²) < 4.78 is 29.5. The van der Waals surface area contributed by atoms with Crippen LogP contribution in [-0.4, -0.2) is 54.8 Å². The predicted molar refractivity (Wildman–Crippen MR) is 182 cm³/mol. The van der Waals surface area contributed by atoms with Crippen LogP contribution in [0.2, 0.25) is 5.02 Å². The summed E-state index contributed by atoms with van der Waals surface area (Å²) in [4.78, 5) is 15.7. The maximum atomic E-state index is 13.5. The molecule has 4 aromatic carbocycles. The maximum absolute atomic E-state index is 13.5. The monoisotopic (exact) mass is 660 g/mol. The summed E-state index contributed by atoms with van der Waals surface area (Å²) in [5.41, 5.74) is 2.91. The number of amides is 1. The van der Waals surface area contributed by atoms with E-state index in [1.54, 1.807) is 28.6 Å². The molecule has 0 saturated carbocycles. The van der Waals surface area contributed by atoms with Crippen LogP contribution >= 0.6 is 35.2 Å². The van der Waals surface area contributed by atoms with E-state index in [-0.39, 0.29) is 16.0 Å². The number of rotatable bonds is 7. The molecular weight excluding hydrogens is 632 g/mol. The minimum absolute atomic E-state index is 0.0480. The number of piperazine rings is 1. The van der Waals surface area contributed by atoms with Crippen molar-refractivity contribution in [2.45, 2.75) is 10.9 Å². The molecule has 0 bridgehead atoms. The molecule has 0 atom stereocenters. The SMILES string of the molecule is O=C(NC(=S)Nc1ccc(S(=O)(=O)N2CCN(C(c3ccccc3)c3ccccc3)CC2)cc1)c1sc2ccccc2c1Cl. The van der Waals surface area contributed by atoms with Gasteiger partial charge in [-0.15, -0.1) is 11.3 Å². The minimum atomic E-state index is -3.70. The van der Waals surface area contributed by atoms with Crippen LogP contribution < -0.4 is 10.6 Å². The highest BCUT2D eigenvalue weighted by molar-refractivity contribution is 7.89. The Bertz CT molecular complexity index is 1850. The summed E-state index contributed by atoms with van der Waals surface area (Å²) >= 11 is 13.0. The van der Waals surface area contributed by atoms with Crippen molar-refractivity contribution in [3.8, 4) is 0 Å². The first-order valence-electron chi connectivity index (χ1n) is 14.0. The fourth-order valence-electron chi connectivity index (χ4n) is 5.43. The molecule has 224 valence electrons. The summed E-state index contributed by atoms with van der Waals surface area (Å²) in [6.07, 6.45) is 0. The molecule has 1 aromatic heterocycles. The molecule has 1 saturated heterocycles. The third-order valence-electron chi connectivity index (χ3n) is 7.59. The zero-order valence-electron chi connectivity index (χ0n) is 23.5. The summed E-state index contributed by atoms with van der Waals surface area (Å²) in [6, 6.07) is 34.6. The lowest BCUT2D eigenvalue weighted by Gasteiger charge is -2.39. The molecule has 6 rings (SSSR count). The van der Waals surface area contributed by atoms with E-state index >= 15 is 0 Å². The number of carbonyl (C=O) groups is 1. The number of halogens is 1. The van der Waals surface area contributed by atoms with Crippen LogP contribution in [0, 0.1) is 0 Å². The zero-order valence-corrected chi connectivity index (χ0v) is 26.7. The van der Waals surface area contributed by atoms with Crippen molar-refractivity contribution in [2.24, 2.45) is 0 Å². The lowest BCUT2D eigenvalue weighted by atomic mass is 9.96. The Kier molecular flexibility index (Phi) is 9.08. The average Bonchev–Trinajstić information content (AvgIpc) is 3.39. The molecule has 2 heterocycles. The van der Waals surface area contributed by atoms with E-state index in [9.17, 15) is 13.2 Å². The van der Waals surface area contributed by atoms with E-state index in [1.165, 1.54) is 22.5 Å². The zero-order chi connectivity index (χ0) is 30.7. The number of sulfonamides is 1. The molecule has 1 amide bonds.